The molecule has 4 rings (SSSR count). The highest BCUT2D eigenvalue weighted by Gasteiger charge is 2.31. The first-order chi connectivity index (χ1) is 13.0. The molecule has 2 heterocycles. The molecule has 1 aromatic heterocycles. The van der Waals surface area contributed by atoms with Gasteiger partial charge in [-0.25, -0.2) is 0 Å². The molecule has 0 saturated carbocycles. The van der Waals surface area contributed by atoms with Crippen molar-refractivity contribution in [2.45, 2.75) is 39.8 Å². The minimum Gasteiger partial charge on any atom is -0.489 e. The fourth-order valence-corrected chi connectivity index (χ4v) is 3.57. The highest BCUT2D eigenvalue weighted by molar-refractivity contribution is 6.07. The maximum absolute atomic E-state index is 13.0. The SMILES string of the molecule is Cc1noc(C)c1COc1ccc(C(=O)N2c3ccccc3CC2C)cc1. The van der Waals surface area contributed by atoms with Gasteiger partial charge < -0.3 is 14.2 Å². The summed E-state index contributed by atoms with van der Waals surface area (Å²) in [6, 6.07) is 15.6. The Morgan fingerprint density at radius 3 is 2.63 bits per heavy atom. The number of hydrogen-bond acceptors (Lipinski definition) is 4. The van der Waals surface area contributed by atoms with Gasteiger partial charge in [-0.15, -0.1) is 0 Å². The van der Waals surface area contributed by atoms with E-state index in [4.69, 9.17) is 9.26 Å². The van der Waals surface area contributed by atoms with Gasteiger partial charge in [0.2, 0.25) is 0 Å². The van der Waals surface area contributed by atoms with Gasteiger partial charge in [-0.05, 0) is 63.1 Å². The molecule has 3 aromatic rings. The second-order valence-corrected chi connectivity index (χ2v) is 6.97. The number of aryl methyl sites for hydroxylation is 2. The summed E-state index contributed by atoms with van der Waals surface area (Å²) in [5, 5.41) is 3.93. The summed E-state index contributed by atoms with van der Waals surface area (Å²) in [4.78, 5) is 14.9. The summed E-state index contributed by atoms with van der Waals surface area (Å²) in [6.45, 7) is 6.24. The molecule has 0 N–H and O–H groups in total. The van der Waals surface area contributed by atoms with E-state index in [0.717, 1.165) is 29.1 Å². The van der Waals surface area contributed by atoms with Gasteiger partial charge in [-0.1, -0.05) is 23.4 Å². The highest BCUT2D eigenvalue weighted by Crippen LogP contribution is 2.33. The van der Waals surface area contributed by atoms with Crippen molar-refractivity contribution >= 4 is 11.6 Å². The number of anilines is 1. The maximum Gasteiger partial charge on any atom is 0.258 e. The van der Waals surface area contributed by atoms with E-state index in [1.807, 2.05) is 61.2 Å². The minimum atomic E-state index is 0.0183. The molecule has 0 aliphatic carbocycles. The Morgan fingerprint density at radius 1 is 1.19 bits per heavy atom. The van der Waals surface area contributed by atoms with Crippen LogP contribution >= 0.6 is 0 Å². The van der Waals surface area contributed by atoms with Gasteiger partial charge >= 0.3 is 0 Å². The number of benzene rings is 2. The van der Waals surface area contributed by atoms with Crippen LogP contribution in [0.1, 0.15) is 39.9 Å². The summed E-state index contributed by atoms with van der Waals surface area (Å²) < 4.78 is 11.0. The topological polar surface area (TPSA) is 55.6 Å². The van der Waals surface area contributed by atoms with Crippen LogP contribution in [0.25, 0.3) is 0 Å². The van der Waals surface area contributed by atoms with E-state index in [9.17, 15) is 4.79 Å². The van der Waals surface area contributed by atoms with Crippen LogP contribution in [0.3, 0.4) is 0 Å². The van der Waals surface area contributed by atoms with Crippen molar-refractivity contribution in [3.63, 3.8) is 0 Å². The Balaban J connectivity index is 1.48. The van der Waals surface area contributed by atoms with Gasteiger partial charge in [0.25, 0.3) is 5.91 Å². The molecule has 5 heteroatoms. The van der Waals surface area contributed by atoms with Gasteiger partial charge in [0.15, 0.2) is 0 Å². The molecule has 2 aromatic carbocycles. The number of nitrogens with zero attached hydrogens (tertiary/aromatic N) is 2. The number of ether oxygens (including phenoxy) is 1. The Kier molecular flexibility index (Phi) is 4.44. The van der Waals surface area contributed by atoms with Gasteiger partial charge in [-0.2, -0.15) is 0 Å². The Labute approximate surface area is 158 Å². The molecular weight excluding hydrogens is 340 g/mol. The first-order valence-corrected chi connectivity index (χ1v) is 9.10. The van der Waals surface area contributed by atoms with E-state index >= 15 is 0 Å². The van der Waals surface area contributed by atoms with Crippen LogP contribution < -0.4 is 9.64 Å². The molecule has 27 heavy (non-hydrogen) atoms. The van der Waals surface area contributed by atoms with Crippen molar-refractivity contribution < 1.29 is 14.1 Å². The quantitative estimate of drug-likeness (QED) is 0.687. The fourth-order valence-electron chi connectivity index (χ4n) is 3.57. The largest absolute Gasteiger partial charge is 0.489 e. The molecule has 5 nitrogen and oxygen atoms in total. The van der Waals surface area contributed by atoms with Crippen LogP contribution in [0.2, 0.25) is 0 Å². The van der Waals surface area contributed by atoms with E-state index in [-0.39, 0.29) is 11.9 Å². The average molecular weight is 362 g/mol. The summed E-state index contributed by atoms with van der Waals surface area (Å²) in [6.07, 6.45) is 0.889. The predicted octanol–water partition coefficient (Wildman–Crippen LogP) is 4.46. The number of para-hydroxylation sites is 1. The average Bonchev–Trinajstić information content (AvgIpc) is 3.18. The molecule has 1 unspecified atom stereocenters. The summed E-state index contributed by atoms with van der Waals surface area (Å²) >= 11 is 0. The van der Waals surface area contributed by atoms with Crippen molar-refractivity contribution in [3.8, 4) is 5.75 Å². The maximum atomic E-state index is 13.0. The minimum absolute atomic E-state index is 0.0183. The smallest absolute Gasteiger partial charge is 0.258 e. The molecule has 1 atom stereocenters. The first-order valence-electron chi connectivity index (χ1n) is 9.10. The number of carbonyl (C=O) groups excluding carboxylic acids is 1. The van der Waals surface area contributed by atoms with E-state index in [1.54, 1.807) is 0 Å². The van der Waals surface area contributed by atoms with Crippen molar-refractivity contribution in [2.75, 3.05) is 4.90 Å². The van der Waals surface area contributed by atoms with E-state index < -0.39 is 0 Å². The number of amides is 1. The molecule has 0 bridgehead atoms. The van der Waals surface area contributed by atoms with Crippen LogP contribution in [0.5, 0.6) is 5.75 Å². The lowest BCUT2D eigenvalue weighted by molar-refractivity contribution is 0.0981. The molecule has 0 radical (unpaired) electrons. The first kappa shape index (κ1) is 17.3. The van der Waals surface area contributed by atoms with Crippen LogP contribution in [-0.2, 0) is 13.0 Å². The number of rotatable bonds is 4. The normalized spacial score (nSPS) is 15.7. The number of aromatic nitrogens is 1. The van der Waals surface area contributed by atoms with Gasteiger partial charge in [-0.3, -0.25) is 4.79 Å². The Morgan fingerprint density at radius 2 is 1.93 bits per heavy atom. The molecule has 1 aliphatic rings. The van der Waals surface area contributed by atoms with E-state index in [2.05, 4.69) is 18.1 Å². The summed E-state index contributed by atoms with van der Waals surface area (Å²) in [5.74, 6) is 1.49. The van der Waals surface area contributed by atoms with Gasteiger partial charge in [0.1, 0.15) is 18.1 Å². The third-order valence-corrected chi connectivity index (χ3v) is 5.09. The monoisotopic (exact) mass is 362 g/mol. The van der Waals surface area contributed by atoms with Crippen molar-refractivity contribution in [1.82, 2.24) is 5.16 Å². The van der Waals surface area contributed by atoms with Crippen molar-refractivity contribution in [2.24, 2.45) is 0 Å². The molecule has 1 aliphatic heterocycles. The third kappa shape index (κ3) is 3.21. The molecule has 0 spiro atoms. The number of carbonyl (C=O) groups is 1. The number of hydrogen-bond donors (Lipinski definition) is 0. The Bertz CT molecular complexity index is 956. The molecule has 1 amide bonds. The van der Waals surface area contributed by atoms with Gasteiger partial charge in [0, 0.05) is 17.3 Å². The van der Waals surface area contributed by atoms with E-state index in [1.165, 1.54) is 5.56 Å². The van der Waals surface area contributed by atoms with Crippen LogP contribution in [0, 0.1) is 13.8 Å². The zero-order valence-electron chi connectivity index (χ0n) is 15.7. The van der Waals surface area contributed by atoms with Gasteiger partial charge in [0.05, 0.1) is 11.3 Å². The lowest BCUT2D eigenvalue weighted by atomic mass is 10.1. The van der Waals surface area contributed by atoms with E-state index in [0.29, 0.717) is 17.9 Å². The predicted molar refractivity (Wildman–Crippen MR) is 103 cm³/mol. The molecule has 0 fully saturated rings. The second-order valence-electron chi connectivity index (χ2n) is 6.97. The number of fused-ring (bicyclic) bond motifs is 1. The highest BCUT2D eigenvalue weighted by atomic mass is 16.5. The third-order valence-electron chi connectivity index (χ3n) is 5.09. The van der Waals surface area contributed by atoms with Crippen molar-refractivity contribution in [1.29, 1.82) is 0 Å². The summed E-state index contributed by atoms with van der Waals surface area (Å²) in [5.41, 5.74) is 4.67. The standard InChI is InChI=1S/C22H22N2O3/c1-14-12-18-6-4-5-7-21(18)24(14)22(25)17-8-10-19(11-9-17)26-13-20-15(2)23-27-16(20)3/h4-11,14H,12-13H2,1-3H3. The molecule has 138 valence electrons. The summed E-state index contributed by atoms with van der Waals surface area (Å²) in [7, 11) is 0. The zero-order chi connectivity index (χ0) is 19.0. The van der Waals surface area contributed by atoms with Crippen LogP contribution in [0.15, 0.2) is 53.1 Å². The van der Waals surface area contributed by atoms with Crippen molar-refractivity contribution in [3.05, 3.63) is 76.7 Å². The van der Waals surface area contributed by atoms with Crippen LogP contribution in [-0.4, -0.2) is 17.1 Å². The fraction of sp³-hybridized carbons (Fsp3) is 0.273. The molecular formula is C22H22N2O3. The molecule has 0 saturated heterocycles. The van der Waals surface area contributed by atoms with Crippen LogP contribution in [0.4, 0.5) is 5.69 Å². The Hall–Kier alpha value is -3.08. The zero-order valence-corrected chi connectivity index (χ0v) is 15.7. The second kappa shape index (κ2) is 6.91. The lowest BCUT2D eigenvalue weighted by Gasteiger charge is -2.23. The lowest BCUT2D eigenvalue weighted by Crippen LogP contribution is -2.35.